The van der Waals surface area contributed by atoms with Crippen molar-refractivity contribution < 1.29 is 33.3 Å². The first-order valence-corrected chi connectivity index (χ1v) is 8.93. The topological polar surface area (TPSA) is 92.3 Å². The first-order valence-electron chi connectivity index (χ1n) is 8.93. The van der Waals surface area contributed by atoms with Crippen LogP contribution in [0.4, 0.5) is 5.69 Å². The molecule has 29 heavy (non-hydrogen) atoms. The molecule has 0 aliphatic carbocycles. The lowest BCUT2D eigenvalue weighted by Gasteiger charge is -2.20. The van der Waals surface area contributed by atoms with Crippen molar-refractivity contribution in [3.05, 3.63) is 42.0 Å². The highest BCUT2D eigenvalue weighted by atomic mass is 16.5. The second-order valence-electron chi connectivity index (χ2n) is 5.90. The molecule has 8 nitrogen and oxygen atoms in total. The maximum atomic E-state index is 12.9. The Balaban J connectivity index is 2.32. The van der Waals surface area contributed by atoms with E-state index in [2.05, 4.69) is 5.32 Å². The molecule has 0 unspecified atom stereocenters. The third kappa shape index (κ3) is 5.10. The summed E-state index contributed by atoms with van der Waals surface area (Å²) < 4.78 is 26.4. The highest BCUT2D eigenvalue weighted by molar-refractivity contribution is 6.03. The van der Waals surface area contributed by atoms with Crippen LogP contribution >= 0.6 is 0 Å². The fourth-order valence-electron chi connectivity index (χ4n) is 2.67. The number of benzene rings is 2. The summed E-state index contributed by atoms with van der Waals surface area (Å²) in [5.41, 5.74) is 0.354. The molecule has 1 atom stereocenters. The molecule has 0 aliphatic rings. The number of hydrogen-bond donors (Lipinski definition) is 1. The molecule has 156 valence electrons. The van der Waals surface area contributed by atoms with E-state index in [1.807, 2.05) is 6.92 Å². The van der Waals surface area contributed by atoms with Gasteiger partial charge < -0.3 is 29.0 Å². The molecule has 2 aromatic rings. The summed E-state index contributed by atoms with van der Waals surface area (Å²) in [5.74, 6) is 0.589. The molecule has 0 aromatic heterocycles. The van der Waals surface area contributed by atoms with Gasteiger partial charge in [0.1, 0.15) is 0 Å². The molecule has 0 aliphatic heterocycles. The van der Waals surface area contributed by atoms with Gasteiger partial charge in [-0.3, -0.25) is 4.79 Å². The van der Waals surface area contributed by atoms with Crippen LogP contribution in [-0.4, -0.2) is 46.4 Å². The van der Waals surface area contributed by atoms with E-state index in [4.69, 9.17) is 23.7 Å². The number of esters is 1. The van der Waals surface area contributed by atoms with E-state index >= 15 is 0 Å². The molecule has 0 fully saturated rings. The molecule has 2 rings (SSSR count). The van der Waals surface area contributed by atoms with E-state index in [1.165, 1.54) is 40.6 Å². The number of carbonyl (C=O) groups excluding carboxylic acids is 2. The van der Waals surface area contributed by atoms with Crippen LogP contribution in [0.5, 0.6) is 23.0 Å². The molecular weight excluding hydrogens is 378 g/mol. The van der Waals surface area contributed by atoms with Gasteiger partial charge >= 0.3 is 5.97 Å². The Bertz CT molecular complexity index is 866. The van der Waals surface area contributed by atoms with E-state index in [1.54, 1.807) is 24.3 Å². The number of anilines is 1. The van der Waals surface area contributed by atoms with E-state index in [0.717, 1.165) is 0 Å². The summed E-state index contributed by atoms with van der Waals surface area (Å²) in [6, 6.07) is 9.99. The van der Waals surface area contributed by atoms with Crippen LogP contribution in [0.1, 0.15) is 23.7 Å². The van der Waals surface area contributed by atoms with Gasteiger partial charge in [-0.25, -0.2) is 4.79 Å². The van der Waals surface area contributed by atoms with Gasteiger partial charge in [0.25, 0.3) is 5.91 Å². The highest BCUT2D eigenvalue weighted by Crippen LogP contribution is 2.34. The summed E-state index contributed by atoms with van der Waals surface area (Å²) in [6.07, 6.45) is -0.421. The molecular formula is C21H25NO7. The molecule has 0 heterocycles. The maximum absolute atomic E-state index is 12.9. The van der Waals surface area contributed by atoms with Crippen molar-refractivity contribution in [2.75, 3.05) is 33.8 Å². The third-order valence-electron chi connectivity index (χ3n) is 4.19. The standard InChI is InChI=1S/C21H25NO7/c1-6-15(29-17-10-8-7-9-16(17)25-2)20(23)22-14-12-19(27-4)18(26-3)11-13(14)21(24)28-5/h7-12,15H,6H2,1-5H3,(H,22,23)/t15-/m1/s1. The number of ether oxygens (including phenoxy) is 5. The van der Waals surface area contributed by atoms with Crippen molar-refractivity contribution in [2.45, 2.75) is 19.4 Å². The number of para-hydroxylation sites is 2. The van der Waals surface area contributed by atoms with Crippen LogP contribution in [0.3, 0.4) is 0 Å². The number of methoxy groups -OCH3 is 4. The molecule has 0 saturated heterocycles. The maximum Gasteiger partial charge on any atom is 0.340 e. The monoisotopic (exact) mass is 403 g/mol. The summed E-state index contributed by atoms with van der Waals surface area (Å²) in [6.45, 7) is 1.81. The Labute approximate surface area is 169 Å². The van der Waals surface area contributed by atoms with E-state index in [9.17, 15) is 9.59 Å². The van der Waals surface area contributed by atoms with Gasteiger partial charge in [-0.05, 0) is 18.6 Å². The summed E-state index contributed by atoms with van der Waals surface area (Å²) in [5, 5.41) is 2.72. The lowest BCUT2D eigenvalue weighted by molar-refractivity contribution is -0.122. The molecule has 8 heteroatoms. The Morgan fingerprint density at radius 1 is 0.897 bits per heavy atom. The third-order valence-corrected chi connectivity index (χ3v) is 4.19. The van der Waals surface area contributed by atoms with E-state index < -0.39 is 18.0 Å². The van der Waals surface area contributed by atoms with Crippen LogP contribution in [0, 0.1) is 0 Å². The minimum Gasteiger partial charge on any atom is -0.493 e. The molecule has 0 spiro atoms. The fraction of sp³-hybridized carbons (Fsp3) is 0.333. The average Bonchev–Trinajstić information content (AvgIpc) is 2.76. The number of amides is 1. The minimum absolute atomic E-state index is 0.130. The Kier molecular flexibility index (Phi) is 7.70. The van der Waals surface area contributed by atoms with Crippen LogP contribution in [0.15, 0.2) is 36.4 Å². The molecule has 0 radical (unpaired) electrons. The summed E-state index contributed by atoms with van der Waals surface area (Å²) in [4.78, 5) is 25.0. The molecule has 1 N–H and O–H groups in total. The van der Waals surface area contributed by atoms with Gasteiger partial charge in [-0.2, -0.15) is 0 Å². The van der Waals surface area contributed by atoms with Crippen molar-refractivity contribution in [1.82, 2.24) is 0 Å². The zero-order valence-corrected chi connectivity index (χ0v) is 17.1. The smallest absolute Gasteiger partial charge is 0.340 e. The Morgan fingerprint density at radius 3 is 2.03 bits per heavy atom. The lowest BCUT2D eigenvalue weighted by atomic mass is 10.1. The van der Waals surface area contributed by atoms with Crippen molar-refractivity contribution in [3.8, 4) is 23.0 Å². The quantitative estimate of drug-likeness (QED) is 0.642. The number of hydrogen-bond acceptors (Lipinski definition) is 7. The van der Waals surface area contributed by atoms with Gasteiger partial charge in [0.2, 0.25) is 0 Å². The van der Waals surface area contributed by atoms with E-state index in [0.29, 0.717) is 29.4 Å². The lowest BCUT2D eigenvalue weighted by Crippen LogP contribution is -2.33. The number of nitrogens with one attached hydrogen (secondary N) is 1. The second kappa shape index (κ2) is 10.2. The average molecular weight is 403 g/mol. The minimum atomic E-state index is -0.815. The van der Waals surface area contributed by atoms with Crippen LogP contribution in [-0.2, 0) is 9.53 Å². The van der Waals surface area contributed by atoms with Crippen LogP contribution < -0.4 is 24.3 Å². The zero-order valence-electron chi connectivity index (χ0n) is 17.1. The second-order valence-corrected chi connectivity index (χ2v) is 5.90. The van der Waals surface area contributed by atoms with Crippen LogP contribution in [0.25, 0.3) is 0 Å². The van der Waals surface area contributed by atoms with Gasteiger partial charge in [0, 0.05) is 12.1 Å². The van der Waals surface area contributed by atoms with Crippen molar-refractivity contribution >= 4 is 17.6 Å². The zero-order chi connectivity index (χ0) is 21.4. The fourth-order valence-corrected chi connectivity index (χ4v) is 2.67. The van der Waals surface area contributed by atoms with Gasteiger partial charge in [-0.1, -0.05) is 19.1 Å². The van der Waals surface area contributed by atoms with E-state index in [-0.39, 0.29) is 11.3 Å². The Hall–Kier alpha value is -3.42. The van der Waals surface area contributed by atoms with Crippen molar-refractivity contribution in [3.63, 3.8) is 0 Å². The van der Waals surface area contributed by atoms with Gasteiger partial charge in [0.15, 0.2) is 29.1 Å². The SMILES string of the molecule is CC[C@@H](Oc1ccccc1OC)C(=O)Nc1cc(OC)c(OC)cc1C(=O)OC. The van der Waals surface area contributed by atoms with Crippen molar-refractivity contribution in [1.29, 1.82) is 0 Å². The van der Waals surface area contributed by atoms with Crippen molar-refractivity contribution in [2.24, 2.45) is 0 Å². The number of rotatable bonds is 9. The molecule has 1 amide bonds. The Morgan fingerprint density at radius 2 is 1.48 bits per heavy atom. The molecule has 2 aromatic carbocycles. The first-order chi connectivity index (χ1) is 14.0. The molecule has 0 saturated carbocycles. The normalized spacial score (nSPS) is 11.2. The first kappa shape index (κ1) is 21.9. The summed E-state index contributed by atoms with van der Waals surface area (Å²) >= 11 is 0. The molecule has 0 bridgehead atoms. The number of carbonyl (C=O) groups is 2. The highest BCUT2D eigenvalue weighted by Gasteiger charge is 2.24. The largest absolute Gasteiger partial charge is 0.493 e. The van der Waals surface area contributed by atoms with Crippen LogP contribution in [0.2, 0.25) is 0 Å². The predicted molar refractivity (Wildman–Crippen MR) is 107 cm³/mol. The van der Waals surface area contributed by atoms with Gasteiger partial charge in [-0.15, -0.1) is 0 Å². The van der Waals surface area contributed by atoms with Gasteiger partial charge in [0.05, 0.1) is 39.7 Å². The predicted octanol–water partition coefficient (Wildman–Crippen LogP) is 3.30. The summed E-state index contributed by atoms with van der Waals surface area (Å²) in [7, 11) is 5.69.